The van der Waals surface area contributed by atoms with Gasteiger partial charge in [0.15, 0.2) is 17.9 Å². The summed E-state index contributed by atoms with van der Waals surface area (Å²) in [7, 11) is 0. The lowest BCUT2D eigenvalue weighted by Crippen LogP contribution is -2.26. The van der Waals surface area contributed by atoms with Gasteiger partial charge in [-0.3, -0.25) is 4.79 Å². The van der Waals surface area contributed by atoms with Crippen LogP contribution in [0, 0.1) is 5.82 Å². The summed E-state index contributed by atoms with van der Waals surface area (Å²) in [5.74, 6) is -0.618. The van der Waals surface area contributed by atoms with Crippen LogP contribution in [-0.2, 0) is 0 Å². The zero-order valence-electron chi connectivity index (χ0n) is 8.73. The number of benzene rings is 1. The van der Waals surface area contributed by atoms with E-state index in [0.29, 0.717) is 19.1 Å². The quantitative estimate of drug-likeness (QED) is 0.798. The van der Waals surface area contributed by atoms with Crippen molar-refractivity contribution in [1.29, 1.82) is 0 Å². The molecule has 1 aromatic carbocycles. The molecular weight excluding hydrogens is 211 g/mol. The van der Waals surface area contributed by atoms with Crippen LogP contribution in [0.25, 0.3) is 0 Å². The highest BCUT2D eigenvalue weighted by Crippen LogP contribution is 2.28. The Labute approximate surface area is 92.9 Å². The maximum absolute atomic E-state index is 13.5. The number of hydrogen-bond donors (Lipinski definition) is 1. The van der Waals surface area contributed by atoms with Crippen molar-refractivity contribution in [1.82, 2.24) is 0 Å². The minimum atomic E-state index is -0.570. The molecule has 1 aliphatic rings. The van der Waals surface area contributed by atoms with Gasteiger partial charge in [-0.1, -0.05) is 6.07 Å². The minimum Gasteiger partial charge on any atom is -0.484 e. The first-order chi connectivity index (χ1) is 7.72. The van der Waals surface area contributed by atoms with E-state index >= 15 is 0 Å². The maximum atomic E-state index is 13.5. The lowest BCUT2D eigenvalue weighted by atomic mass is 10.2. The van der Waals surface area contributed by atoms with Crippen molar-refractivity contribution in [3.8, 4) is 5.75 Å². The van der Waals surface area contributed by atoms with Gasteiger partial charge >= 0.3 is 0 Å². The lowest BCUT2D eigenvalue weighted by Gasteiger charge is -2.18. The third kappa shape index (κ3) is 2.07. The Morgan fingerprint density at radius 1 is 1.44 bits per heavy atom. The number of para-hydroxylation sites is 1. The molecule has 2 atom stereocenters. The Morgan fingerprint density at radius 3 is 2.88 bits per heavy atom. The van der Waals surface area contributed by atoms with Gasteiger partial charge in [-0.2, -0.15) is 0 Å². The smallest absolute Gasteiger partial charge is 0.165 e. The lowest BCUT2D eigenvalue weighted by molar-refractivity contribution is 0.0571. The largest absolute Gasteiger partial charge is 0.484 e. The molecule has 0 heterocycles. The number of hydrogen-bond acceptors (Lipinski definition) is 3. The zero-order valence-corrected chi connectivity index (χ0v) is 8.73. The summed E-state index contributed by atoms with van der Waals surface area (Å²) in [5, 5.41) is 9.57. The molecule has 2 rings (SSSR count). The number of ether oxygens (including phenoxy) is 1. The predicted molar refractivity (Wildman–Crippen MR) is 56.1 cm³/mol. The first-order valence-corrected chi connectivity index (χ1v) is 5.31. The maximum Gasteiger partial charge on any atom is 0.165 e. The van der Waals surface area contributed by atoms with Crippen LogP contribution in [0.1, 0.15) is 29.6 Å². The molecular formula is C12H13FO3. The number of aliphatic hydroxyl groups is 1. The van der Waals surface area contributed by atoms with Crippen LogP contribution in [0.5, 0.6) is 5.75 Å². The van der Waals surface area contributed by atoms with E-state index in [1.165, 1.54) is 18.2 Å². The molecule has 0 spiro atoms. The molecule has 4 heteroatoms. The van der Waals surface area contributed by atoms with Gasteiger partial charge < -0.3 is 9.84 Å². The second-order valence-corrected chi connectivity index (χ2v) is 3.93. The van der Waals surface area contributed by atoms with Gasteiger partial charge in [0.05, 0.1) is 11.7 Å². The molecule has 2 unspecified atom stereocenters. The van der Waals surface area contributed by atoms with E-state index < -0.39 is 18.0 Å². The van der Waals surface area contributed by atoms with Gasteiger partial charge in [0, 0.05) is 0 Å². The standard InChI is InChI=1S/C12H13FO3/c13-9-4-1-3-8(7-14)12(9)16-11-6-2-5-10(11)15/h1,3-4,7,10-11,15H,2,5-6H2. The van der Waals surface area contributed by atoms with E-state index in [0.717, 1.165) is 6.42 Å². The number of carbonyl (C=O) groups excluding carboxylic acids is 1. The second kappa shape index (κ2) is 4.61. The zero-order chi connectivity index (χ0) is 11.5. The number of aldehydes is 1. The van der Waals surface area contributed by atoms with Gasteiger partial charge in [-0.25, -0.2) is 4.39 Å². The summed E-state index contributed by atoms with van der Waals surface area (Å²) in [6.45, 7) is 0. The SMILES string of the molecule is O=Cc1cccc(F)c1OC1CCCC1O. The highest BCUT2D eigenvalue weighted by Gasteiger charge is 2.28. The molecule has 0 bridgehead atoms. The van der Waals surface area contributed by atoms with E-state index in [-0.39, 0.29) is 11.3 Å². The molecule has 3 nitrogen and oxygen atoms in total. The molecule has 0 aliphatic heterocycles. The van der Waals surface area contributed by atoms with Gasteiger partial charge in [-0.15, -0.1) is 0 Å². The topological polar surface area (TPSA) is 46.5 Å². The van der Waals surface area contributed by atoms with Crippen molar-refractivity contribution in [2.24, 2.45) is 0 Å². The molecule has 1 aliphatic carbocycles. The molecule has 0 saturated heterocycles. The number of aliphatic hydroxyl groups excluding tert-OH is 1. The van der Waals surface area contributed by atoms with Crippen molar-refractivity contribution in [3.05, 3.63) is 29.6 Å². The number of carbonyl (C=O) groups is 1. The second-order valence-electron chi connectivity index (χ2n) is 3.93. The Morgan fingerprint density at radius 2 is 2.25 bits per heavy atom. The Balaban J connectivity index is 2.22. The summed E-state index contributed by atoms with van der Waals surface area (Å²) < 4.78 is 18.8. The normalized spacial score (nSPS) is 24.4. The highest BCUT2D eigenvalue weighted by atomic mass is 19.1. The first-order valence-electron chi connectivity index (χ1n) is 5.31. The van der Waals surface area contributed by atoms with Crippen molar-refractivity contribution >= 4 is 6.29 Å². The Kier molecular flexibility index (Phi) is 3.19. The van der Waals surface area contributed by atoms with Crippen molar-refractivity contribution in [2.45, 2.75) is 31.5 Å². The van der Waals surface area contributed by atoms with Crippen LogP contribution in [0.3, 0.4) is 0 Å². The molecule has 1 saturated carbocycles. The fraction of sp³-hybridized carbons (Fsp3) is 0.417. The van der Waals surface area contributed by atoms with Crippen LogP contribution in [0.4, 0.5) is 4.39 Å². The van der Waals surface area contributed by atoms with Crippen molar-refractivity contribution in [2.75, 3.05) is 0 Å². The Hall–Kier alpha value is -1.42. The molecule has 16 heavy (non-hydrogen) atoms. The molecule has 0 aromatic heterocycles. The third-order valence-corrected chi connectivity index (χ3v) is 2.81. The third-order valence-electron chi connectivity index (χ3n) is 2.81. The van der Waals surface area contributed by atoms with Gasteiger partial charge in [0.2, 0.25) is 0 Å². The molecule has 0 radical (unpaired) electrons. The van der Waals surface area contributed by atoms with Crippen LogP contribution in [0.15, 0.2) is 18.2 Å². The van der Waals surface area contributed by atoms with Crippen molar-refractivity contribution in [3.63, 3.8) is 0 Å². The van der Waals surface area contributed by atoms with Gasteiger partial charge in [0.1, 0.15) is 6.10 Å². The minimum absolute atomic E-state index is 0.0524. The van der Waals surface area contributed by atoms with E-state index in [4.69, 9.17) is 4.74 Å². The van der Waals surface area contributed by atoms with Crippen LogP contribution >= 0.6 is 0 Å². The molecule has 0 amide bonds. The molecule has 1 aromatic rings. The van der Waals surface area contributed by atoms with Crippen LogP contribution < -0.4 is 4.74 Å². The molecule has 1 fully saturated rings. The van der Waals surface area contributed by atoms with E-state index in [1.807, 2.05) is 0 Å². The van der Waals surface area contributed by atoms with E-state index in [2.05, 4.69) is 0 Å². The molecule has 86 valence electrons. The van der Waals surface area contributed by atoms with Gasteiger partial charge in [0.25, 0.3) is 0 Å². The predicted octanol–water partition coefficient (Wildman–Crippen LogP) is 1.93. The van der Waals surface area contributed by atoms with Gasteiger partial charge in [-0.05, 0) is 31.4 Å². The molecule has 1 N–H and O–H groups in total. The summed E-state index contributed by atoms with van der Waals surface area (Å²) in [5.41, 5.74) is 0.180. The Bertz CT molecular complexity index is 392. The van der Waals surface area contributed by atoms with E-state index in [1.54, 1.807) is 0 Å². The monoisotopic (exact) mass is 224 g/mol. The number of rotatable bonds is 3. The first kappa shape index (κ1) is 11.1. The number of halogens is 1. The van der Waals surface area contributed by atoms with Crippen molar-refractivity contribution < 1.29 is 19.0 Å². The van der Waals surface area contributed by atoms with Crippen LogP contribution in [0.2, 0.25) is 0 Å². The average Bonchev–Trinajstić information content (AvgIpc) is 2.67. The fourth-order valence-electron chi connectivity index (χ4n) is 1.94. The summed E-state index contributed by atoms with van der Waals surface area (Å²) in [6, 6.07) is 4.19. The average molecular weight is 224 g/mol. The summed E-state index contributed by atoms with van der Waals surface area (Å²) >= 11 is 0. The fourth-order valence-corrected chi connectivity index (χ4v) is 1.94. The summed E-state index contributed by atoms with van der Waals surface area (Å²) in [6.07, 6.45) is 1.79. The van der Waals surface area contributed by atoms with E-state index in [9.17, 15) is 14.3 Å². The highest BCUT2D eigenvalue weighted by molar-refractivity contribution is 5.79. The van der Waals surface area contributed by atoms with Crippen LogP contribution in [-0.4, -0.2) is 23.6 Å². The summed E-state index contributed by atoms with van der Waals surface area (Å²) in [4.78, 5) is 10.7.